The van der Waals surface area contributed by atoms with E-state index in [9.17, 15) is 14.7 Å². The van der Waals surface area contributed by atoms with Gasteiger partial charge in [0, 0.05) is 0 Å². The Morgan fingerprint density at radius 2 is 1.96 bits per heavy atom. The molecule has 1 atom stereocenters. The van der Waals surface area contributed by atoms with Gasteiger partial charge in [-0.1, -0.05) is 36.4 Å². The molecule has 0 fully saturated rings. The summed E-state index contributed by atoms with van der Waals surface area (Å²) in [5.74, 6) is -0.910. The van der Waals surface area contributed by atoms with E-state index in [4.69, 9.17) is 4.42 Å². The number of oxazole rings is 1. The number of nitrogens with one attached hydrogen (secondary N) is 1. The van der Waals surface area contributed by atoms with E-state index < -0.39 is 11.4 Å². The maximum atomic E-state index is 12.3. The lowest BCUT2D eigenvalue weighted by Crippen LogP contribution is -2.41. The average Bonchev–Trinajstić information content (AvgIpc) is 3.12. The highest BCUT2D eigenvalue weighted by atomic mass is 16.4. The highest BCUT2D eigenvalue weighted by Crippen LogP contribution is 2.36. The molecule has 1 aliphatic rings. The number of hydrogen-bond acceptors (Lipinski definition) is 4. The maximum Gasteiger partial charge on any atom is 0.420 e. The van der Waals surface area contributed by atoms with E-state index in [2.05, 4.69) is 5.32 Å². The summed E-state index contributed by atoms with van der Waals surface area (Å²) in [6, 6.07) is 14.7. The van der Waals surface area contributed by atoms with Crippen LogP contribution in [-0.2, 0) is 23.4 Å². The molecule has 0 bridgehead atoms. The Morgan fingerprint density at radius 3 is 2.84 bits per heavy atom. The lowest BCUT2D eigenvalue weighted by molar-refractivity contribution is -0.123. The summed E-state index contributed by atoms with van der Waals surface area (Å²) in [5, 5.41) is 13.6. The molecular formula is C19H18N2O4. The SMILES string of the molecule is O=C(Cn1c(=O)oc2ccccc21)NC[C@@]1(O)CCc2ccccc21. The van der Waals surface area contributed by atoms with Crippen molar-refractivity contribution in [1.82, 2.24) is 9.88 Å². The molecule has 4 rings (SSSR count). The third-order valence-corrected chi connectivity index (χ3v) is 4.78. The minimum Gasteiger partial charge on any atom is -0.408 e. The first-order valence-electron chi connectivity index (χ1n) is 8.23. The number of benzene rings is 2. The Morgan fingerprint density at radius 1 is 1.20 bits per heavy atom. The Hall–Kier alpha value is -2.86. The van der Waals surface area contributed by atoms with E-state index in [0.717, 1.165) is 17.5 Å². The summed E-state index contributed by atoms with van der Waals surface area (Å²) >= 11 is 0. The fraction of sp³-hybridized carbons (Fsp3) is 0.263. The highest BCUT2D eigenvalue weighted by molar-refractivity contribution is 5.79. The monoisotopic (exact) mass is 338 g/mol. The third-order valence-electron chi connectivity index (χ3n) is 4.78. The Balaban J connectivity index is 1.48. The van der Waals surface area contributed by atoms with Crippen molar-refractivity contribution >= 4 is 17.0 Å². The zero-order chi connectivity index (χ0) is 17.4. The molecular weight excluding hydrogens is 320 g/mol. The van der Waals surface area contributed by atoms with Crippen LogP contribution in [0, 0.1) is 0 Å². The number of aliphatic hydroxyl groups is 1. The van der Waals surface area contributed by atoms with Crippen molar-refractivity contribution in [3.05, 3.63) is 70.2 Å². The topological polar surface area (TPSA) is 84.5 Å². The second-order valence-corrected chi connectivity index (χ2v) is 6.39. The summed E-state index contributed by atoms with van der Waals surface area (Å²) in [7, 11) is 0. The fourth-order valence-electron chi connectivity index (χ4n) is 3.46. The second kappa shape index (κ2) is 5.89. The Bertz CT molecular complexity index is 1000. The van der Waals surface area contributed by atoms with Crippen molar-refractivity contribution in [1.29, 1.82) is 0 Å². The lowest BCUT2D eigenvalue weighted by atomic mass is 9.96. The molecule has 6 heteroatoms. The largest absolute Gasteiger partial charge is 0.420 e. The van der Waals surface area contributed by atoms with Gasteiger partial charge < -0.3 is 14.8 Å². The van der Waals surface area contributed by atoms with Gasteiger partial charge in [-0.05, 0) is 36.1 Å². The Labute approximate surface area is 143 Å². The number of nitrogens with zero attached hydrogens (tertiary/aromatic N) is 1. The molecule has 0 unspecified atom stereocenters. The van der Waals surface area contributed by atoms with Gasteiger partial charge in [0.15, 0.2) is 5.58 Å². The summed E-state index contributed by atoms with van der Waals surface area (Å²) in [6.45, 7) is -0.0268. The van der Waals surface area contributed by atoms with Crippen molar-refractivity contribution < 1.29 is 14.3 Å². The Kier molecular flexibility index (Phi) is 3.69. The van der Waals surface area contributed by atoms with E-state index in [-0.39, 0.29) is 19.0 Å². The summed E-state index contributed by atoms with van der Waals surface area (Å²) in [4.78, 5) is 24.2. The van der Waals surface area contributed by atoms with Gasteiger partial charge in [-0.3, -0.25) is 9.36 Å². The minimum absolute atomic E-state index is 0.118. The normalized spacial score (nSPS) is 19.1. The molecule has 1 aromatic heterocycles. The first kappa shape index (κ1) is 15.7. The van der Waals surface area contributed by atoms with Gasteiger partial charge in [-0.25, -0.2) is 4.79 Å². The smallest absolute Gasteiger partial charge is 0.408 e. The van der Waals surface area contributed by atoms with Gasteiger partial charge in [0.05, 0.1) is 12.1 Å². The highest BCUT2D eigenvalue weighted by Gasteiger charge is 2.36. The second-order valence-electron chi connectivity index (χ2n) is 6.39. The van der Waals surface area contributed by atoms with Gasteiger partial charge in [-0.15, -0.1) is 0 Å². The molecule has 0 aliphatic heterocycles. The van der Waals surface area contributed by atoms with Crippen LogP contribution in [0.1, 0.15) is 17.5 Å². The lowest BCUT2D eigenvalue weighted by Gasteiger charge is -2.24. The van der Waals surface area contributed by atoms with Crippen LogP contribution in [0.25, 0.3) is 11.1 Å². The number of aryl methyl sites for hydroxylation is 1. The number of amides is 1. The molecule has 3 aromatic rings. The van der Waals surface area contributed by atoms with Crippen LogP contribution in [0.5, 0.6) is 0 Å². The van der Waals surface area contributed by atoms with Crippen LogP contribution in [-0.4, -0.2) is 22.1 Å². The molecule has 1 amide bonds. The van der Waals surface area contributed by atoms with Crippen molar-refractivity contribution in [2.75, 3.05) is 6.54 Å². The molecule has 2 N–H and O–H groups in total. The number of rotatable bonds is 4. The molecule has 6 nitrogen and oxygen atoms in total. The zero-order valence-corrected chi connectivity index (χ0v) is 13.6. The van der Waals surface area contributed by atoms with Crippen molar-refractivity contribution in [2.24, 2.45) is 0 Å². The van der Waals surface area contributed by atoms with Crippen LogP contribution < -0.4 is 11.1 Å². The molecule has 0 radical (unpaired) electrons. The first-order chi connectivity index (χ1) is 12.1. The van der Waals surface area contributed by atoms with Crippen LogP contribution in [0.4, 0.5) is 0 Å². The standard InChI is InChI=1S/C19H18N2O4/c22-17(11-21-15-7-3-4-8-16(15)25-18(21)23)20-12-19(24)10-9-13-5-1-2-6-14(13)19/h1-8,24H,9-12H2,(H,20,22)/t19-/m0/s1. The summed E-state index contributed by atoms with van der Waals surface area (Å²) < 4.78 is 6.41. The molecule has 1 heterocycles. The van der Waals surface area contributed by atoms with Crippen LogP contribution in [0.2, 0.25) is 0 Å². The molecule has 128 valence electrons. The van der Waals surface area contributed by atoms with E-state index in [0.29, 0.717) is 17.5 Å². The van der Waals surface area contributed by atoms with E-state index >= 15 is 0 Å². The quantitative estimate of drug-likeness (QED) is 0.756. The third kappa shape index (κ3) is 2.74. The molecule has 2 aromatic carbocycles. The van der Waals surface area contributed by atoms with Gasteiger partial charge in [-0.2, -0.15) is 0 Å². The predicted octanol–water partition coefficient (Wildman–Crippen LogP) is 1.54. The van der Waals surface area contributed by atoms with E-state index in [1.54, 1.807) is 24.3 Å². The zero-order valence-electron chi connectivity index (χ0n) is 13.6. The molecule has 0 saturated heterocycles. The number of hydrogen-bond donors (Lipinski definition) is 2. The van der Waals surface area contributed by atoms with Crippen LogP contribution in [0.15, 0.2) is 57.7 Å². The van der Waals surface area contributed by atoms with Crippen molar-refractivity contribution in [3.8, 4) is 0 Å². The molecule has 25 heavy (non-hydrogen) atoms. The number of carbonyl (C=O) groups excluding carboxylic acids is 1. The summed E-state index contributed by atoms with van der Waals surface area (Å²) in [5.41, 5.74) is 1.93. The number of fused-ring (bicyclic) bond motifs is 2. The van der Waals surface area contributed by atoms with Crippen LogP contribution in [0.3, 0.4) is 0 Å². The number of carbonyl (C=O) groups is 1. The molecule has 0 saturated carbocycles. The van der Waals surface area contributed by atoms with Gasteiger partial charge in [0.2, 0.25) is 5.91 Å². The van der Waals surface area contributed by atoms with E-state index in [1.807, 2.05) is 24.3 Å². The van der Waals surface area contributed by atoms with Gasteiger partial charge in [0.25, 0.3) is 0 Å². The summed E-state index contributed by atoms with van der Waals surface area (Å²) in [6.07, 6.45) is 1.36. The average molecular weight is 338 g/mol. The number of para-hydroxylation sites is 2. The van der Waals surface area contributed by atoms with E-state index in [1.165, 1.54) is 4.57 Å². The molecule has 1 aliphatic carbocycles. The van der Waals surface area contributed by atoms with Crippen molar-refractivity contribution in [3.63, 3.8) is 0 Å². The fourth-order valence-corrected chi connectivity index (χ4v) is 3.46. The first-order valence-corrected chi connectivity index (χ1v) is 8.23. The van der Waals surface area contributed by atoms with Crippen molar-refractivity contribution in [2.45, 2.75) is 25.0 Å². The predicted molar refractivity (Wildman–Crippen MR) is 92.1 cm³/mol. The van der Waals surface area contributed by atoms with Gasteiger partial charge in [0.1, 0.15) is 12.1 Å². The molecule has 0 spiro atoms. The minimum atomic E-state index is -1.06. The maximum absolute atomic E-state index is 12.3. The number of aromatic nitrogens is 1. The van der Waals surface area contributed by atoms with Gasteiger partial charge >= 0.3 is 5.76 Å². The van der Waals surface area contributed by atoms with Crippen LogP contribution >= 0.6 is 0 Å².